The highest BCUT2D eigenvalue weighted by molar-refractivity contribution is 6.49. The Morgan fingerprint density at radius 1 is 0.529 bits per heavy atom. The summed E-state index contributed by atoms with van der Waals surface area (Å²) in [4.78, 5) is 25.9. The van der Waals surface area contributed by atoms with E-state index in [0.29, 0.717) is 39.9 Å². The Hall–Kier alpha value is -4.44. The number of ether oxygens (including phenoxy) is 5. The molecule has 3 rings (SSSR count). The van der Waals surface area contributed by atoms with Gasteiger partial charge in [0.15, 0.2) is 23.0 Å². The number of ketones is 2. The van der Waals surface area contributed by atoms with Crippen molar-refractivity contribution in [3.8, 4) is 40.6 Å². The molecule has 7 heteroatoms. The van der Waals surface area contributed by atoms with Crippen LogP contribution in [-0.4, -0.2) is 47.1 Å². The van der Waals surface area contributed by atoms with Gasteiger partial charge in [-0.1, -0.05) is 11.8 Å². The van der Waals surface area contributed by atoms with E-state index in [1.807, 2.05) is 0 Å². The third-order valence-corrected chi connectivity index (χ3v) is 4.99. The van der Waals surface area contributed by atoms with Crippen molar-refractivity contribution in [1.82, 2.24) is 0 Å². The van der Waals surface area contributed by atoms with Crippen molar-refractivity contribution >= 4 is 11.6 Å². The second-order valence-electron chi connectivity index (χ2n) is 7.00. The zero-order chi connectivity index (χ0) is 24.7. The molecule has 174 valence electrons. The Bertz CT molecular complexity index is 1280. The average Bonchev–Trinajstić information content (AvgIpc) is 2.89. The Balaban J connectivity index is 1.94. The number of carbonyl (C=O) groups excluding carboxylic acids is 2. The zero-order valence-electron chi connectivity index (χ0n) is 19.6. The summed E-state index contributed by atoms with van der Waals surface area (Å²) < 4.78 is 26.3. The van der Waals surface area contributed by atoms with Crippen molar-refractivity contribution in [2.24, 2.45) is 0 Å². The van der Waals surface area contributed by atoms with E-state index >= 15 is 0 Å². The number of hydrogen-bond donors (Lipinski definition) is 0. The molecule has 0 radical (unpaired) electrons. The van der Waals surface area contributed by atoms with E-state index in [2.05, 4.69) is 11.8 Å². The number of hydrogen-bond acceptors (Lipinski definition) is 7. The zero-order valence-corrected chi connectivity index (χ0v) is 19.6. The molecule has 3 aromatic rings. The Kier molecular flexibility index (Phi) is 7.78. The van der Waals surface area contributed by atoms with Gasteiger partial charge in [0.05, 0.1) is 35.5 Å². The first-order valence-electron chi connectivity index (χ1n) is 10.2. The summed E-state index contributed by atoms with van der Waals surface area (Å²) in [7, 11) is 7.53. The minimum atomic E-state index is -0.694. The number of Topliss-reactive ketones (excluding diaryl/α,β-unsaturated/α-hetero) is 2. The van der Waals surface area contributed by atoms with Gasteiger partial charge in [-0.05, 0) is 54.6 Å². The number of rotatable bonds is 8. The molecular weight excluding hydrogens is 436 g/mol. The maximum absolute atomic E-state index is 13.0. The summed E-state index contributed by atoms with van der Waals surface area (Å²) in [5.74, 6) is 7.01. The van der Waals surface area contributed by atoms with Crippen LogP contribution in [0, 0.1) is 11.8 Å². The molecule has 0 saturated heterocycles. The molecule has 0 aromatic heterocycles. The van der Waals surface area contributed by atoms with Gasteiger partial charge in [0.2, 0.25) is 11.6 Å². The van der Waals surface area contributed by atoms with Crippen molar-refractivity contribution < 1.29 is 33.3 Å². The van der Waals surface area contributed by atoms with Gasteiger partial charge in [-0.2, -0.15) is 0 Å². The molecule has 7 nitrogen and oxygen atoms in total. The van der Waals surface area contributed by atoms with E-state index in [1.54, 1.807) is 50.6 Å². The van der Waals surface area contributed by atoms with Crippen LogP contribution in [0.1, 0.15) is 31.8 Å². The lowest BCUT2D eigenvalue weighted by Crippen LogP contribution is -2.15. The van der Waals surface area contributed by atoms with Gasteiger partial charge in [-0.3, -0.25) is 9.59 Å². The Morgan fingerprint density at radius 2 is 1.09 bits per heavy atom. The first kappa shape index (κ1) is 24.2. The van der Waals surface area contributed by atoms with Crippen LogP contribution in [0.15, 0.2) is 54.6 Å². The summed E-state index contributed by atoms with van der Waals surface area (Å²) >= 11 is 0. The minimum Gasteiger partial charge on any atom is -0.497 e. The fourth-order valence-electron chi connectivity index (χ4n) is 3.22. The average molecular weight is 460 g/mol. The molecule has 0 heterocycles. The van der Waals surface area contributed by atoms with Crippen LogP contribution < -0.4 is 23.7 Å². The molecular formula is C27H24O7. The highest BCUT2D eigenvalue weighted by atomic mass is 16.5. The van der Waals surface area contributed by atoms with Gasteiger partial charge in [-0.25, -0.2) is 0 Å². The predicted molar refractivity (Wildman–Crippen MR) is 127 cm³/mol. The van der Waals surface area contributed by atoms with E-state index in [9.17, 15) is 9.59 Å². The molecule has 0 saturated carbocycles. The number of benzene rings is 3. The van der Waals surface area contributed by atoms with E-state index in [-0.39, 0.29) is 11.1 Å². The first-order chi connectivity index (χ1) is 16.4. The van der Waals surface area contributed by atoms with Gasteiger partial charge in [0, 0.05) is 22.3 Å². The highest BCUT2D eigenvalue weighted by Gasteiger charge is 2.21. The largest absolute Gasteiger partial charge is 0.497 e. The van der Waals surface area contributed by atoms with Crippen LogP contribution in [0.4, 0.5) is 0 Å². The lowest BCUT2D eigenvalue weighted by molar-refractivity contribution is 0.0816. The first-order valence-corrected chi connectivity index (χ1v) is 10.2. The number of carbonyl (C=O) groups is 2. The molecule has 3 aromatic carbocycles. The molecule has 0 amide bonds. The van der Waals surface area contributed by atoms with E-state index in [4.69, 9.17) is 23.7 Å². The third-order valence-electron chi connectivity index (χ3n) is 4.99. The summed E-state index contributed by atoms with van der Waals surface area (Å²) in [6.07, 6.45) is 0. The second-order valence-corrected chi connectivity index (χ2v) is 7.00. The fourth-order valence-corrected chi connectivity index (χ4v) is 3.22. The molecule has 0 aliphatic heterocycles. The van der Waals surface area contributed by atoms with Crippen LogP contribution in [0.25, 0.3) is 0 Å². The maximum Gasteiger partial charge on any atom is 0.233 e. The van der Waals surface area contributed by atoms with Crippen molar-refractivity contribution in [2.45, 2.75) is 0 Å². The second kappa shape index (κ2) is 10.9. The van der Waals surface area contributed by atoms with Crippen molar-refractivity contribution in [3.05, 3.63) is 76.9 Å². The standard InChI is InChI=1S/C27H24O7/c1-30-21-13-18(7-6-17-8-10-22(31-2)24(14-17)33-4)12-20(15-21)27(29)26(28)19-9-11-23(32-3)25(16-19)34-5/h8-16H,1-5H3. The minimum absolute atomic E-state index is 0.163. The molecule has 0 atom stereocenters. The van der Waals surface area contributed by atoms with Crippen molar-refractivity contribution in [3.63, 3.8) is 0 Å². The van der Waals surface area contributed by atoms with Crippen molar-refractivity contribution in [1.29, 1.82) is 0 Å². The quantitative estimate of drug-likeness (QED) is 0.283. The van der Waals surface area contributed by atoms with E-state index in [0.717, 1.165) is 0 Å². The van der Waals surface area contributed by atoms with E-state index < -0.39 is 11.6 Å². The SMILES string of the molecule is COc1cc(C#Cc2ccc(OC)c(OC)c2)cc(C(=O)C(=O)c2ccc(OC)c(OC)c2)c1. The van der Waals surface area contributed by atoms with Crippen LogP contribution in [0.3, 0.4) is 0 Å². The number of methoxy groups -OCH3 is 5. The predicted octanol–water partition coefficient (Wildman–Crippen LogP) is 4.20. The smallest absolute Gasteiger partial charge is 0.233 e. The highest BCUT2D eigenvalue weighted by Crippen LogP contribution is 2.29. The van der Waals surface area contributed by atoms with Gasteiger partial charge in [0.25, 0.3) is 0 Å². The van der Waals surface area contributed by atoms with Gasteiger partial charge < -0.3 is 23.7 Å². The van der Waals surface area contributed by atoms with Gasteiger partial charge >= 0.3 is 0 Å². The Morgan fingerprint density at radius 3 is 1.71 bits per heavy atom. The van der Waals surface area contributed by atoms with Crippen LogP contribution >= 0.6 is 0 Å². The Labute approximate surface area is 198 Å². The normalized spacial score (nSPS) is 9.91. The monoisotopic (exact) mass is 460 g/mol. The lowest BCUT2D eigenvalue weighted by atomic mass is 9.99. The molecule has 0 bridgehead atoms. The molecule has 0 fully saturated rings. The van der Waals surface area contributed by atoms with Crippen LogP contribution in [0.5, 0.6) is 28.7 Å². The molecule has 0 N–H and O–H groups in total. The summed E-state index contributed by atoms with van der Waals surface area (Å²) in [5.41, 5.74) is 1.55. The molecule has 0 unspecified atom stereocenters. The molecule has 34 heavy (non-hydrogen) atoms. The lowest BCUT2D eigenvalue weighted by Gasteiger charge is -2.09. The fraction of sp³-hybridized carbons (Fsp3) is 0.185. The van der Waals surface area contributed by atoms with E-state index in [1.165, 1.54) is 39.5 Å². The molecule has 0 spiro atoms. The molecule has 0 aliphatic rings. The topological polar surface area (TPSA) is 80.3 Å². The van der Waals surface area contributed by atoms with Crippen LogP contribution in [-0.2, 0) is 0 Å². The third kappa shape index (κ3) is 5.30. The maximum atomic E-state index is 13.0. The molecule has 0 aliphatic carbocycles. The summed E-state index contributed by atoms with van der Waals surface area (Å²) in [6, 6.07) is 14.6. The van der Waals surface area contributed by atoms with Gasteiger partial charge in [-0.15, -0.1) is 0 Å². The van der Waals surface area contributed by atoms with Crippen LogP contribution in [0.2, 0.25) is 0 Å². The summed E-state index contributed by atoms with van der Waals surface area (Å²) in [6.45, 7) is 0. The van der Waals surface area contributed by atoms with Gasteiger partial charge in [0.1, 0.15) is 5.75 Å². The van der Waals surface area contributed by atoms with Crippen molar-refractivity contribution in [2.75, 3.05) is 35.5 Å². The summed E-state index contributed by atoms with van der Waals surface area (Å²) in [5, 5.41) is 0.